The second-order valence-corrected chi connectivity index (χ2v) is 8.68. The van der Waals surface area contributed by atoms with Crippen LogP contribution >= 0.6 is 0 Å². The van der Waals surface area contributed by atoms with Gasteiger partial charge in [0.15, 0.2) is 0 Å². The largest absolute Gasteiger partial charge is 0.444 e. The molecule has 1 heterocycles. The molecule has 0 radical (unpaired) electrons. The molecule has 0 aromatic carbocycles. The zero-order valence-corrected chi connectivity index (χ0v) is 16.1. The van der Waals surface area contributed by atoms with Crippen LogP contribution in [0.25, 0.3) is 0 Å². The quantitative estimate of drug-likeness (QED) is 0.728. The number of nitrogens with zero attached hydrogens (tertiary/aromatic N) is 2. The van der Waals surface area contributed by atoms with Gasteiger partial charge in [0.2, 0.25) is 0 Å². The molecule has 1 unspecified atom stereocenters. The summed E-state index contributed by atoms with van der Waals surface area (Å²) in [5.41, 5.74) is -2.97. The van der Waals surface area contributed by atoms with Gasteiger partial charge in [-0.15, -0.1) is 0 Å². The lowest BCUT2D eigenvalue weighted by Gasteiger charge is -2.45. The topological polar surface area (TPSA) is 59.1 Å². The molecule has 0 aromatic heterocycles. The molecule has 0 spiro atoms. The first kappa shape index (κ1) is 20.5. The Bertz CT molecular complexity index is 474. The first-order chi connectivity index (χ1) is 10.6. The molecule has 1 aliphatic heterocycles. The van der Waals surface area contributed by atoms with Gasteiger partial charge in [0.1, 0.15) is 16.9 Å². The summed E-state index contributed by atoms with van der Waals surface area (Å²) in [4.78, 5) is 27.4. The molecule has 7 heteroatoms. The molecule has 1 saturated heterocycles. The summed E-state index contributed by atoms with van der Waals surface area (Å²) in [7, 11) is 0. The number of alkyl halides is 1. The Labute approximate surface area is 144 Å². The van der Waals surface area contributed by atoms with E-state index >= 15 is 0 Å². The molecular formula is C17H31FN2O4. The Balaban J connectivity index is 2.90. The predicted octanol–water partition coefficient (Wildman–Crippen LogP) is 3.59. The Morgan fingerprint density at radius 2 is 1.33 bits per heavy atom. The minimum absolute atomic E-state index is 0.0671. The summed E-state index contributed by atoms with van der Waals surface area (Å²) >= 11 is 0. The van der Waals surface area contributed by atoms with E-state index in [1.807, 2.05) is 0 Å². The third-order valence-corrected chi connectivity index (χ3v) is 3.45. The average molecular weight is 346 g/mol. The molecule has 1 aliphatic rings. The molecule has 0 N–H and O–H groups in total. The summed E-state index contributed by atoms with van der Waals surface area (Å²) in [6.07, 6.45) is -1.07. The molecule has 1 rings (SSSR count). The van der Waals surface area contributed by atoms with Gasteiger partial charge in [-0.3, -0.25) is 4.90 Å². The highest BCUT2D eigenvalue weighted by Gasteiger charge is 2.44. The Kier molecular flexibility index (Phi) is 5.78. The van der Waals surface area contributed by atoms with Crippen LogP contribution in [0.2, 0.25) is 0 Å². The monoisotopic (exact) mass is 346 g/mol. The average Bonchev–Trinajstić information content (AvgIpc) is 2.32. The zero-order chi connectivity index (χ0) is 18.9. The van der Waals surface area contributed by atoms with E-state index in [-0.39, 0.29) is 19.6 Å². The van der Waals surface area contributed by atoms with Crippen molar-refractivity contribution in [3.63, 3.8) is 0 Å². The predicted molar refractivity (Wildman–Crippen MR) is 89.7 cm³/mol. The summed E-state index contributed by atoms with van der Waals surface area (Å²) in [5, 5.41) is 0. The van der Waals surface area contributed by atoms with Crippen LogP contribution in [-0.2, 0) is 9.47 Å². The van der Waals surface area contributed by atoms with E-state index in [2.05, 4.69) is 0 Å². The SMILES string of the molecule is CC(C)(C)OC(=O)N1CCN(C(=O)OC(C)(C)C)C(C(C)(C)F)C1. The maximum absolute atomic E-state index is 14.7. The fourth-order valence-electron chi connectivity index (χ4n) is 2.40. The van der Waals surface area contributed by atoms with Crippen LogP contribution < -0.4 is 0 Å². The van der Waals surface area contributed by atoms with E-state index < -0.39 is 35.1 Å². The highest BCUT2D eigenvalue weighted by molar-refractivity contribution is 5.71. The van der Waals surface area contributed by atoms with Crippen LogP contribution in [0.1, 0.15) is 55.4 Å². The van der Waals surface area contributed by atoms with Crippen molar-refractivity contribution in [3.05, 3.63) is 0 Å². The fourth-order valence-corrected chi connectivity index (χ4v) is 2.40. The molecule has 0 saturated carbocycles. The number of carbonyl (C=O) groups is 2. The standard InChI is InChI=1S/C17H31FN2O4/c1-15(2,3)23-13(21)19-9-10-20(12(11-19)17(7,8)18)14(22)24-16(4,5)6/h12H,9-11H2,1-8H3. The maximum atomic E-state index is 14.7. The van der Waals surface area contributed by atoms with Crippen LogP contribution in [-0.4, -0.2) is 64.5 Å². The summed E-state index contributed by atoms with van der Waals surface area (Å²) in [5.74, 6) is 0. The van der Waals surface area contributed by atoms with Crippen molar-refractivity contribution < 1.29 is 23.5 Å². The third-order valence-electron chi connectivity index (χ3n) is 3.45. The van der Waals surface area contributed by atoms with E-state index in [4.69, 9.17) is 9.47 Å². The zero-order valence-electron chi connectivity index (χ0n) is 16.1. The summed E-state index contributed by atoms with van der Waals surface area (Å²) < 4.78 is 25.4. The van der Waals surface area contributed by atoms with Gasteiger partial charge in [-0.25, -0.2) is 14.0 Å². The van der Waals surface area contributed by atoms with Gasteiger partial charge in [-0.05, 0) is 55.4 Å². The van der Waals surface area contributed by atoms with Crippen molar-refractivity contribution in [1.82, 2.24) is 9.80 Å². The van der Waals surface area contributed by atoms with Gasteiger partial charge in [0.25, 0.3) is 0 Å². The number of hydrogen-bond donors (Lipinski definition) is 0. The lowest BCUT2D eigenvalue weighted by Crippen LogP contribution is -2.63. The smallest absolute Gasteiger partial charge is 0.410 e. The van der Waals surface area contributed by atoms with E-state index in [0.29, 0.717) is 0 Å². The van der Waals surface area contributed by atoms with Crippen LogP contribution in [0.15, 0.2) is 0 Å². The Hall–Kier alpha value is -1.53. The third kappa shape index (κ3) is 6.17. The van der Waals surface area contributed by atoms with Gasteiger partial charge in [0, 0.05) is 19.6 Å². The van der Waals surface area contributed by atoms with Crippen molar-refractivity contribution in [2.45, 2.75) is 78.3 Å². The summed E-state index contributed by atoms with van der Waals surface area (Å²) in [6, 6.07) is -0.798. The Morgan fingerprint density at radius 3 is 1.75 bits per heavy atom. The first-order valence-electron chi connectivity index (χ1n) is 8.26. The number of carbonyl (C=O) groups excluding carboxylic acids is 2. The van der Waals surface area contributed by atoms with E-state index in [1.54, 1.807) is 41.5 Å². The van der Waals surface area contributed by atoms with Crippen molar-refractivity contribution in [1.29, 1.82) is 0 Å². The maximum Gasteiger partial charge on any atom is 0.410 e. The second-order valence-electron chi connectivity index (χ2n) is 8.68. The lowest BCUT2D eigenvalue weighted by atomic mass is 9.97. The number of piperazine rings is 1. The number of ether oxygens (including phenoxy) is 2. The minimum atomic E-state index is -1.68. The van der Waals surface area contributed by atoms with Gasteiger partial charge >= 0.3 is 12.2 Å². The summed E-state index contributed by atoms with van der Waals surface area (Å²) in [6.45, 7) is 14.0. The fraction of sp³-hybridized carbons (Fsp3) is 0.882. The van der Waals surface area contributed by atoms with E-state index in [9.17, 15) is 14.0 Å². The van der Waals surface area contributed by atoms with Gasteiger partial charge in [-0.1, -0.05) is 0 Å². The second kappa shape index (κ2) is 6.76. The molecule has 1 atom stereocenters. The number of halogens is 1. The molecule has 0 aliphatic carbocycles. The van der Waals surface area contributed by atoms with E-state index in [1.165, 1.54) is 23.6 Å². The molecule has 6 nitrogen and oxygen atoms in total. The van der Waals surface area contributed by atoms with Crippen molar-refractivity contribution in [2.75, 3.05) is 19.6 Å². The number of rotatable bonds is 1. The normalized spacial score (nSPS) is 20.0. The molecule has 140 valence electrons. The van der Waals surface area contributed by atoms with Crippen LogP contribution in [0.3, 0.4) is 0 Å². The Morgan fingerprint density at radius 1 is 0.875 bits per heavy atom. The van der Waals surface area contributed by atoms with Crippen molar-refractivity contribution in [2.24, 2.45) is 0 Å². The van der Waals surface area contributed by atoms with Gasteiger partial charge < -0.3 is 14.4 Å². The van der Waals surface area contributed by atoms with Crippen LogP contribution in [0, 0.1) is 0 Å². The first-order valence-corrected chi connectivity index (χ1v) is 8.26. The van der Waals surface area contributed by atoms with Crippen LogP contribution in [0.4, 0.5) is 14.0 Å². The lowest BCUT2D eigenvalue weighted by molar-refractivity contribution is -0.0420. The molecule has 2 amide bonds. The number of hydrogen-bond acceptors (Lipinski definition) is 4. The van der Waals surface area contributed by atoms with Crippen molar-refractivity contribution >= 4 is 12.2 Å². The van der Waals surface area contributed by atoms with Crippen molar-refractivity contribution in [3.8, 4) is 0 Å². The van der Waals surface area contributed by atoms with E-state index in [0.717, 1.165) is 0 Å². The minimum Gasteiger partial charge on any atom is -0.444 e. The molecular weight excluding hydrogens is 315 g/mol. The van der Waals surface area contributed by atoms with Gasteiger partial charge in [0.05, 0.1) is 6.04 Å². The molecule has 1 fully saturated rings. The van der Waals surface area contributed by atoms with Gasteiger partial charge in [-0.2, -0.15) is 0 Å². The highest BCUT2D eigenvalue weighted by Crippen LogP contribution is 2.27. The highest BCUT2D eigenvalue weighted by atomic mass is 19.1. The molecule has 0 aromatic rings. The molecule has 24 heavy (non-hydrogen) atoms. The molecule has 0 bridgehead atoms. The number of amides is 2. The van der Waals surface area contributed by atoms with Crippen LogP contribution in [0.5, 0.6) is 0 Å².